The van der Waals surface area contributed by atoms with E-state index >= 15 is 0 Å². The topological polar surface area (TPSA) is 78.3 Å². The monoisotopic (exact) mass is 660 g/mol. The van der Waals surface area contributed by atoms with Crippen LogP contribution in [0.25, 0.3) is 0 Å². The highest BCUT2D eigenvalue weighted by Crippen LogP contribution is 2.38. The Labute approximate surface area is 274 Å². The first-order valence-corrected chi connectivity index (χ1v) is 15.8. The second kappa shape index (κ2) is 13.8. The number of carbonyl (C=O) groups excluding carboxylic acids is 1. The molecule has 1 aromatic heterocycles. The molecule has 0 fully saturated rings. The lowest BCUT2D eigenvalue weighted by Gasteiger charge is -2.28. The minimum absolute atomic E-state index is 0.122. The summed E-state index contributed by atoms with van der Waals surface area (Å²) in [6.45, 7) is 2.19. The molecule has 228 valence electrons. The molecule has 2 heterocycles. The van der Waals surface area contributed by atoms with E-state index in [-0.39, 0.29) is 19.0 Å². The number of hydrogen-bond acceptors (Lipinski definition) is 7. The number of hydrogen-bond donors (Lipinski definition) is 1. The number of allylic oxidation sites excluding steroid dienone is 1. The molecule has 1 aliphatic rings. The summed E-state index contributed by atoms with van der Waals surface area (Å²) in [4.78, 5) is 18.3. The Kier molecular flexibility index (Phi) is 9.39. The first kappa shape index (κ1) is 30.7. The van der Waals surface area contributed by atoms with Crippen LogP contribution in [0.5, 0.6) is 5.75 Å². The van der Waals surface area contributed by atoms with Gasteiger partial charge in [-0.2, -0.15) is 4.98 Å². The number of halogens is 3. The smallest absolute Gasteiger partial charge is 0.338 e. The van der Waals surface area contributed by atoms with Crippen LogP contribution in [0.2, 0.25) is 10.0 Å². The van der Waals surface area contributed by atoms with Crippen molar-refractivity contribution in [1.29, 1.82) is 0 Å². The summed E-state index contributed by atoms with van der Waals surface area (Å²) in [6.07, 6.45) is 0. The molecule has 5 aromatic rings. The SMILES string of the molecule is CC1=C(C(=O)OCc2ccccc2)C(c2ccc(OCc3ccc(Cl)cc3Cl)cc2)n2nc(SCc3ccccc3F)nc2N1. The van der Waals surface area contributed by atoms with Crippen molar-refractivity contribution in [3.05, 3.63) is 146 Å². The third-order valence-corrected chi connectivity index (χ3v) is 8.66. The Morgan fingerprint density at radius 3 is 2.47 bits per heavy atom. The lowest BCUT2D eigenvalue weighted by Crippen LogP contribution is -2.29. The molecule has 0 saturated carbocycles. The molecule has 1 atom stereocenters. The maximum Gasteiger partial charge on any atom is 0.338 e. The number of carbonyl (C=O) groups is 1. The van der Waals surface area contributed by atoms with E-state index in [2.05, 4.69) is 10.3 Å². The molecular weight excluding hydrogens is 634 g/mol. The van der Waals surface area contributed by atoms with Crippen LogP contribution in [0.1, 0.15) is 35.2 Å². The largest absolute Gasteiger partial charge is 0.489 e. The zero-order valence-corrected chi connectivity index (χ0v) is 26.4. The van der Waals surface area contributed by atoms with Crippen LogP contribution in [0.4, 0.5) is 10.3 Å². The fraction of sp³-hybridized carbons (Fsp3) is 0.147. The van der Waals surface area contributed by atoms with Crippen LogP contribution in [0.3, 0.4) is 0 Å². The van der Waals surface area contributed by atoms with Gasteiger partial charge in [0.2, 0.25) is 11.1 Å². The number of ether oxygens (including phenoxy) is 2. The Hall–Kier alpha value is -4.31. The van der Waals surface area contributed by atoms with Crippen molar-refractivity contribution in [1.82, 2.24) is 14.8 Å². The van der Waals surface area contributed by atoms with Crippen molar-refractivity contribution in [2.24, 2.45) is 0 Å². The molecule has 6 rings (SSSR count). The molecule has 45 heavy (non-hydrogen) atoms. The van der Waals surface area contributed by atoms with Crippen molar-refractivity contribution in [2.75, 3.05) is 5.32 Å². The minimum atomic E-state index is -0.639. The fourth-order valence-corrected chi connectivity index (χ4v) is 6.15. The quantitative estimate of drug-likeness (QED) is 0.119. The summed E-state index contributed by atoms with van der Waals surface area (Å²) >= 11 is 13.6. The van der Waals surface area contributed by atoms with Crippen LogP contribution in [0.15, 0.2) is 113 Å². The number of thioether (sulfide) groups is 1. The summed E-state index contributed by atoms with van der Waals surface area (Å²) in [5, 5.41) is 9.47. The van der Waals surface area contributed by atoms with Gasteiger partial charge in [0.1, 0.15) is 30.8 Å². The van der Waals surface area contributed by atoms with E-state index in [9.17, 15) is 9.18 Å². The van der Waals surface area contributed by atoms with E-state index in [0.29, 0.717) is 49.5 Å². The molecule has 0 amide bonds. The van der Waals surface area contributed by atoms with E-state index < -0.39 is 12.0 Å². The van der Waals surface area contributed by atoms with Gasteiger partial charge in [0, 0.05) is 27.1 Å². The van der Waals surface area contributed by atoms with Crippen molar-refractivity contribution in [3.8, 4) is 5.75 Å². The predicted molar refractivity (Wildman–Crippen MR) is 174 cm³/mol. The molecule has 1 unspecified atom stereocenters. The van der Waals surface area contributed by atoms with Gasteiger partial charge in [-0.1, -0.05) is 102 Å². The summed E-state index contributed by atoms with van der Waals surface area (Å²) in [5.41, 5.74) is 4.00. The average molecular weight is 662 g/mol. The number of esters is 1. The normalized spacial score (nSPS) is 14.1. The molecule has 0 aliphatic carbocycles. The number of nitrogens with zero attached hydrogens (tertiary/aromatic N) is 3. The molecule has 0 spiro atoms. The van der Waals surface area contributed by atoms with Gasteiger partial charge in [0.15, 0.2) is 0 Å². The molecule has 4 aromatic carbocycles. The number of benzene rings is 4. The molecular formula is C34H27Cl2FN4O3S. The molecule has 0 bridgehead atoms. The van der Waals surface area contributed by atoms with Gasteiger partial charge >= 0.3 is 5.97 Å². The highest BCUT2D eigenvalue weighted by Gasteiger charge is 2.35. The van der Waals surface area contributed by atoms with Gasteiger partial charge in [0.25, 0.3) is 0 Å². The highest BCUT2D eigenvalue weighted by atomic mass is 35.5. The van der Waals surface area contributed by atoms with Crippen molar-refractivity contribution < 1.29 is 18.7 Å². The minimum Gasteiger partial charge on any atom is -0.489 e. The Balaban J connectivity index is 1.27. The molecule has 7 nitrogen and oxygen atoms in total. The Bertz CT molecular complexity index is 1870. The average Bonchev–Trinajstić information content (AvgIpc) is 3.45. The number of nitrogens with one attached hydrogen (secondary N) is 1. The number of rotatable bonds is 10. The van der Waals surface area contributed by atoms with Crippen molar-refractivity contribution in [2.45, 2.75) is 37.1 Å². The van der Waals surface area contributed by atoms with Crippen molar-refractivity contribution in [3.63, 3.8) is 0 Å². The fourth-order valence-electron chi connectivity index (χ4n) is 4.87. The zero-order valence-electron chi connectivity index (χ0n) is 24.0. The summed E-state index contributed by atoms with van der Waals surface area (Å²) in [5.74, 6) is 0.668. The molecule has 0 radical (unpaired) electrons. The maximum atomic E-state index is 14.3. The lowest BCUT2D eigenvalue weighted by atomic mass is 9.95. The van der Waals surface area contributed by atoms with Crippen molar-refractivity contribution >= 4 is 46.9 Å². The molecule has 11 heteroatoms. The summed E-state index contributed by atoms with van der Waals surface area (Å²) < 4.78 is 27.7. The predicted octanol–water partition coefficient (Wildman–Crippen LogP) is 8.63. The van der Waals surface area contributed by atoms with Gasteiger partial charge in [-0.25, -0.2) is 13.9 Å². The highest BCUT2D eigenvalue weighted by molar-refractivity contribution is 7.98. The summed E-state index contributed by atoms with van der Waals surface area (Å²) in [6, 6.07) is 28.1. The van der Waals surface area contributed by atoms with Gasteiger partial charge in [-0.3, -0.25) is 0 Å². The summed E-state index contributed by atoms with van der Waals surface area (Å²) in [7, 11) is 0. The molecule has 1 N–H and O–H groups in total. The maximum absolute atomic E-state index is 14.3. The van der Waals surface area contributed by atoms with Gasteiger partial charge < -0.3 is 14.8 Å². The number of aromatic nitrogens is 3. The number of anilines is 1. The first-order valence-electron chi connectivity index (χ1n) is 14.0. The first-order chi connectivity index (χ1) is 21.9. The standard InChI is InChI=1S/C34H27Cl2FN4O3S/c1-21-30(32(42)44-18-22-7-3-2-4-8-22)31(23-12-15-27(16-13-23)43-19-24-11-14-26(35)17-28(24)36)41-33(38-21)39-34(40-41)45-20-25-9-5-6-10-29(25)37/h2-17,31H,18-20H2,1H3,(H,38,39,40). The van der Waals surface area contributed by atoms with Crippen LogP contribution in [0, 0.1) is 5.82 Å². The molecule has 0 saturated heterocycles. The van der Waals surface area contributed by atoms with E-state index in [0.717, 1.165) is 16.7 Å². The second-order valence-corrected chi connectivity index (χ2v) is 12.1. The Morgan fingerprint density at radius 1 is 0.956 bits per heavy atom. The van der Waals surface area contributed by atoms with E-state index in [4.69, 9.17) is 37.8 Å². The third kappa shape index (κ3) is 7.17. The van der Waals surface area contributed by atoms with Crippen LogP contribution in [-0.4, -0.2) is 20.7 Å². The lowest BCUT2D eigenvalue weighted by molar-refractivity contribution is -0.140. The van der Waals surface area contributed by atoms with Gasteiger partial charge in [-0.05, 0) is 53.9 Å². The van der Waals surface area contributed by atoms with Gasteiger partial charge in [0.05, 0.1) is 5.57 Å². The second-order valence-electron chi connectivity index (χ2n) is 10.3. The van der Waals surface area contributed by atoms with E-state index in [1.165, 1.54) is 17.8 Å². The van der Waals surface area contributed by atoms with Gasteiger partial charge in [-0.15, -0.1) is 5.10 Å². The van der Waals surface area contributed by atoms with E-state index in [1.807, 2.05) is 67.6 Å². The number of fused-ring (bicyclic) bond motifs is 1. The van der Waals surface area contributed by atoms with Crippen LogP contribution < -0.4 is 10.1 Å². The Morgan fingerprint density at radius 2 is 1.71 bits per heavy atom. The van der Waals surface area contributed by atoms with Crippen LogP contribution >= 0.6 is 35.0 Å². The van der Waals surface area contributed by atoms with Crippen LogP contribution in [-0.2, 0) is 28.5 Å². The zero-order chi connectivity index (χ0) is 31.3. The molecule has 1 aliphatic heterocycles. The third-order valence-electron chi connectivity index (χ3n) is 7.19. The van der Waals surface area contributed by atoms with E-state index in [1.54, 1.807) is 35.0 Å².